The normalized spacial score (nSPS) is 15.2. The molecule has 1 aromatic rings. The molecule has 1 heterocycles. The number of hydrogen-bond acceptors (Lipinski definition) is 5. The molecular formula is C18H30BrIN4O2S. The van der Waals surface area contributed by atoms with Gasteiger partial charge in [-0.2, -0.15) is 11.8 Å². The molecule has 0 atom stereocenters. The van der Waals surface area contributed by atoms with E-state index >= 15 is 0 Å². The first-order valence-electron chi connectivity index (χ1n) is 9.04. The third-order valence-electron chi connectivity index (χ3n) is 3.86. The molecule has 0 unspecified atom stereocenters. The van der Waals surface area contributed by atoms with E-state index in [1.54, 1.807) is 0 Å². The number of nitrogens with one attached hydrogen (secondary N) is 1. The summed E-state index contributed by atoms with van der Waals surface area (Å²) in [6.45, 7) is 7.10. The third-order valence-corrected chi connectivity index (χ3v) is 5.30. The minimum Gasteiger partial charge on any atom is -0.493 e. The van der Waals surface area contributed by atoms with Crippen LogP contribution in [0.5, 0.6) is 5.75 Å². The molecule has 3 N–H and O–H groups in total. The van der Waals surface area contributed by atoms with Gasteiger partial charge in [-0.25, -0.2) is 0 Å². The van der Waals surface area contributed by atoms with Gasteiger partial charge in [0, 0.05) is 48.7 Å². The van der Waals surface area contributed by atoms with Crippen molar-refractivity contribution in [1.29, 1.82) is 0 Å². The molecule has 0 aromatic heterocycles. The molecule has 1 fully saturated rings. The molecule has 0 aliphatic carbocycles. The molecule has 1 aromatic carbocycles. The molecule has 9 heteroatoms. The molecule has 0 saturated carbocycles. The molecule has 27 heavy (non-hydrogen) atoms. The lowest BCUT2D eigenvalue weighted by Gasteiger charge is -2.26. The van der Waals surface area contributed by atoms with Gasteiger partial charge in [0.15, 0.2) is 5.96 Å². The van der Waals surface area contributed by atoms with Crippen LogP contribution >= 0.6 is 51.7 Å². The number of guanidine groups is 1. The highest BCUT2D eigenvalue weighted by atomic mass is 127. The first kappa shape index (κ1) is 24.8. The van der Waals surface area contributed by atoms with E-state index in [0.717, 1.165) is 74.1 Å². The SMILES string of the molecule is I.NC(=NCCCN1CCOCC1)NCCSCCOc1cccc(Br)c1. The number of rotatable bonds is 11. The van der Waals surface area contributed by atoms with Crippen LogP contribution in [0.1, 0.15) is 6.42 Å². The maximum absolute atomic E-state index is 5.89. The molecule has 0 amide bonds. The standard InChI is InChI=1S/C18H29BrN4O2S.HI/c19-16-3-1-4-17(15-16)25-12-14-26-13-6-22-18(20)21-5-2-7-23-8-10-24-11-9-23;/h1,3-4,15H,2,5-14H2,(H3,20,21,22);1H. The number of morpholine rings is 1. The van der Waals surface area contributed by atoms with Crippen molar-refractivity contribution in [3.8, 4) is 5.75 Å². The highest BCUT2D eigenvalue weighted by Gasteiger charge is 2.08. The zero-order valence-corrected chi connectivity index (χ0v) is 20.3. The van der Waals surface area contributed by atoms with Crippen LogP contribution in [0, 0.1) is 0 Å². The van der Waals surface area contributed by atoms with Crippen LogP contribution < -0.4 is 15.8 Å². The monoisotopic (exact) mass is 572 g/mol. The van der Waals surface area contributed by atoms with Gasteiger partial charge in [0.25, 0.3) is 0 Å². The fourth-order valence-corrected chi connectivity index (χ4v) is 3.53. The molecule has 0 bridgehead atoms. The van der Waals surface area contributed by atoms with E-state index in [-0.39, 0.29) is 24.0 Å². The summed E-state index contributed by atoms with van der Waals surface area (Å²) in [4.78, 5) is 6.79. The van der Waals surface area contributed by atoms with Gasteiger partial charge in [-0.3, -0.25) is 9.89 Å². The first-order valence-corrected chi connectivity index (χ1v) is 11.0. The van der Waals surface area contributed by atoms with Gasteiger partial charge in [-0.1, -0.05) is 22.0 Å². The average molecular weight is 573 g/mol. The van der Waals surface area contributed by atoms with E-state index in [1.165, 1.54) is 0 Å². The van der Waals surface area contributed by atoms with Gasteiger partial charge in [0.2, 0.25) is 0 Å². The fraction of sp³-hybridized carbons (Fsp3) is 0.611. The van der Waals surface area contributed by atoms with E-state index in [4.69, 9.17) is 15.2 Å². The second kappa shape index (κ2) is 15.7. The molecule has 154 valence electrons. The third kappa shape index (κ3) is 12.0. The summed E-state index contributed by atoms with van der Waals surface area (Å²) in [6, 6.07) is 7.90. The Labute approximate surface area is 192 Å². The minimum atomic E-state index is 0. The van der Waals surface area contributed by atoms with E-state index in [1.807, 2.05) is 36.0 Å². The van der Waals surface area contributed by atoms with Crippen molar-refractivity contribution in [2.45, 2.75) is 6.42 Å². The average Bonchev–Trinajstić information content (AvgIpc) is 2.65. The Bertz CT molecular complexity index is 548. The van der Waals surface area contributed by atoms with Crippen molar-refractivity contribution in [2.24, 2.45) is 10.7 Å². The van der Waals surface area contributed by atoms with E-state index in [9.17, 15) is 0 Å². The molecule has 6 nitrogen and oxygen atoms in total. The largest absolute Gasteiger partial charge is 0.493 e. The molecular weight excluding hydrogens is 543 g/mol. The Hall–Kier alpha value is -0.230. The van der Waals surface area contributed by atoms with Crippen molar-refractivity contribution in [2.75, 3.05) is 64.1 Å². The van der Waals surface area contributed by atoms with Gasteiger partial charge in [0.1, 0.15) is 5.75 Å². The smallest absolute Gasteiger partial charge is 0.188 e. The Morgan fingerprint density at radius 3 is 2.93 bits per heavy atom. The van der Waals surface area contributed by atoms with Gasteiger partial charge >= 0.3 is 0 Å². The van der Waals surface area contributed by atoms with Crippen LogP contribution in [0.25, 0.3) is 0 Å². The van der Waals surface area contributed by atoms with Crippen LogP contribution in [-0.4, -0.2) is 74.9 Å². The molecule has 0 spiro atoms. The second-order valence-corrected chi connectivity index (χ2v) is 8.06. The molecule has 1 saturated heterocycles. The van der Waals surface area contributed by atoms with Gasteiger partial charge in [-0.05, 0) is 24.6 Å². The maximum Gasteiger partial charge on any atom is 0.188 e. The molecule has 0 radical (unpaired) electrons. The highest BCUT2D eigenvalue weighted by Crippen LogP contribution is 2.17. The van der Waals surface area contributed by atoms with Crippen LogP contribution in [-0.2, 0) is 4.74 Å². The van der Waals surface area contributed by atoms with Gasteiger partial charge in [-0.15, -0.1) is 24.0 Å². The lowest BCUT2D eigenvalue weighted by molar-refractivity contribution is 0.0377. The second-order valence-electron chi connectivity index (χ2n) is 5.92. The summed E-state index contributed by atoms with van der Waals surface area (Å²) in [5, 5.41) is 3.16. The topological polar surface area (TPSA) is 72.1 Å². The summed E-state index contributed by atoms with van der Waals surface area (Å²) in [5.41, 5.74) is 5.89. The molecule has 1 aliphatic rings. The Morgan fingerprint density at radius 1 is 1.33 bits per heavy atom. The van der Waals surface area contributed by atoms with Crippen LogP contribution in [0.15, 0.2) is 33.7 Å². The molecule has 2 rings (SSSR count). The summed E-state index contributed by atoms with van der Waals surface area (Å²) >= 11 is 5.27. The number of nitrogens with zero attached hydrogens (tertiary/aromatic N) is 2. The van der Waals surface area contributed by atoms with Crippen molar-refractivity contribution < 1.29 is 9.47 Å². The van der Waals surface area contributed by atoms with Crippen LogP contribution in [0.3, 0.4) is 0 Å². The molecule has 1 aliphatic heterocycles. The number of hydrogen-bond donors (Lipinski definition) is 2. The lowest BCUT2D eigenvalue weighted by Crippen LogP contribution is -2.37. The quantitative estimate of drug-likeness (QED) is 0.184. The first-order chi connectivity index (χ1) is 12.7. The number of benzene rings is 1. The maximum atomic E-state index is 5.89. The zero-order valence-electron chi connectivity index (χ0n) is 15.6. The Kier molecular flexibility index (Phi) is 14.4. The predicted molar refractivity (Wildman–Crippen MR) is 129 cm³/mol. The summed E-state index contributed by atoms with van der Waals surface area (Å²) < 4.78 is 12.1. The highest BCUT2D eigenvalue weighted by molar-refractivity contribution is 14.0. The van der Waals surface area contributed by atoms with Crippen molar-refractivity contribution in [3.63, 3.8) is 0 Å². The summed E-state index contributed by atoms with van der Waals surface area (Å²) in [5.74, 6) is 3.36. The minimum absolute atomic E-state index is 0. The predicted octanol–water partition coefficient (Wildman–Crippen LogP) is 2.81. The van der Waals surface area contributed by atoms with Crippen molar-refractivity contribution >= 4 is 57.6 Å². The zero-order chi connectivity index (χ0) is 18.5. The van der Waals surface area contributed by atoms with Crippen molar-refractivity contribution in [3.05, 3.63) is 28.7 Å². The fourth-order valence-electron chi connectivity index (χ4n) is 2.50. The number of halogens is 2. The van der Waals surface area contributed by atoms with E-state index in [0.29, 0.717) is 12.6 Å². The van der Waals surface area contributed by atoms with Crippen LogP contribution in [0.2, 0.25) is 0 Å². The van der Waals surface area contributed by atoms with Gasteiger partial charge < -0.3 is 20.5 Å². The number of nitrogens with two attached hydrogens (primary N) is 1. The number of thioether (sulfide) groups is 1. The Balaban J connectivity index is 0.00000364. The lowest BCUT2D eigenvalue weighted by atomic mass is 10.3. The summed E-state index contributed by atoms with van der Waals surface area (Å²) in [6.07, 6.45) is 1.03. The van der Waals surface area contributed by atoms with E-state index in [2.05, 4.69) is 31.1 Å². The van der Waals surface area contributed by atoms with Crippen molar-refractivity contribution in [1.82, 2.24) is 10.2 Å². The van der Waals surface area contributed by atoms with E-state index < -0.39 is 0 Å². The van der Waals surface area contributed by atoms with Gasteiger partial charge in [0.05, 0.1) is 19.8 Å². The van der Waals surface area contributed by atoms with Crippen LogP contribution in [0.4, 0.5) is 0 Å². The number of ether oxygens (including phenoxy) is 2. The summed E-state index contributed by atoms with van der Waals surface area (Å²) in [7, 11) is 0. The number of aliphatic imine (C=N–C) groups is 1. The Morgan fingerprint density at radius 2 is 2.15 bits per heavy atom.